The molecule has 12 heteroatoms. The van der Waals surface area contributed by atoms with Crippen molar-refractivity contribution in [3.05, 3.63) is 10.4 Å². The second kappa shape index (κ2) is 4.67. The molecule has 0 spiro atoms. The van der Waals surface area contributed by atoms with Crippen molar-refractivity contribution in [1.82, 2.24) is 0 Å². The van der Waals surface area contributed by atoms with Crippen LogP contribution in [0.25, 0.3) is 10.4 Å². The smallest absolute Gasteiger partial charge is 0.393 e. The molecule has 0 saturated carbocycles. The van der Waals surface area contributed by atoms with Crippen molar-refractivity contribution in [3.8, 4) is 11.3 Å². The fourth-order valence-electron chi connectivity index (χ4n) is 2.20. The van der Waals surface area contributed by atoms with E-state index in [0.717, 1.165) is 0 Å². The van der Waals surface area contributed by atoms with E-state index in [-0.39, 0.29) is 0 Å². The van der Waals surface area contributed by atoms with E-state index in [1.54, 1.807) is 0 Å². The number of nitrogens with zero attached hydrogens (tertiary/aromatic N) is 3. The molecule has 102 valence electrons. The Kier molecular flexibility index (Phi) is 3.60. The molecule has 2 saturated heterocycles. The number of aliphatic hydroxyl groups is 1. The number of hydrogen-bond acceptors (Lipinski definition) is 6. The van der Waals surface area contributed by atoms with E-state index in [1.807, 2.05) is 5.38 Å². The number of hydrogen-bond donors (Lipinski definition) is 2. The Morgan fingerprint density at radius 1 is 1.68 bits per heavy atom. The first-order chi connectivity index (χ1) is 8.86. The molecule has 2 unspecified atom stereocenters. The highest BCUT2D eigenvalue weighted by molar-refractivity contribution is 7.47. The number of azide groups is 1. The van der Waals surface area contributed by atoms with Gasteiger partial charge in [0.1, 0.15) is 14.0 Å². The summed E-state index contributed by atoms with van der Waals surface area (Å²) in [5.41, 5.74) is 4.96. The van der Waals surface area contributed by atoms with Crippen molar-refractivity contribution >= 4 is 27.3 Å². The third-order valence-corrected chi connectivity index (χ3v) is 4.08. The van der Waals surface area contributed by atoms with Gasteiger partial charge in [-0.2, -0.15) is 0 Å². The predicted molar refractivity (Wildman–Crippen MR) is 64.5 cm³/mol. The molecule has 19 heavy (non-hydrogen) atoms. The van der Waals surface area contributed by atoms with Gasteiger partial charge in [-0.25, -0.2) is 4.57 Å². The fourth-order valence-corrected chi connectivity index (χ4v) is 3.65. The van der Waals surface area contributed by atoms with Gasteiger partial charge in [0.2, 0.25) is 0 Å². The number of ether oxygens (including phenoxy) is 1. The molecular formula is C7H8BClN3O6P. The van der Waals surface area contributed by atoms with Gasteiger partial charge in [-0.05, 0) is 23.1 Å². The summed E-state index contributed by atoms with van der Waals surface area (Å²) in [4.78, 5) is 12.0. The summed E-state index contributed by atoms with van der Waals surface area (Å²) in [7, 11) is -2.94. The number of phosphoric ester groups is 1. The van der Waals surface area contributed by atoms with E-state index >= 15 is 0 Å². The van der Waals surface area contributed by atoms with Crippen LogP contribution in [-0.2, 0) is 18.3 Å². The van der Waals surface area contributed by atoms with Crippen molar-refractivity contribution in [2.45, 2.75) is 23.4 Å². The predicted octanol–water partition coefficient (Wildman–Crippen LogP) is -0.571. The summed E-state index contributed by atoms with van der Waals surface area (Å²) in [6.45, 7) is -0.777. The van der Waals surface area contributed by atoms with Crippen molar-refractivity contribution in [2.24, 2.45) is 5.11 Å². The normalized spacial score (nSPS) is 47.9. The number of halogens is 1. The maximum atomic E-state index is 11.6. The molecule has 0 bridgehead atoms. The largest absolute Gasteiger partial charge is 0.474 e. The van der Waals surface area contributed by atoms with Gasteiger partial charge in [0.05, 0.1) is 12.6 Å². The zero-order valence-electron chi connectivity index (χ0n) is 9.56. The maximum absolute atomic E-state index is 11.6. The molecule has 0 aromatic carbocycles. The van der Waals surface area contributed by atoms with Crippen molar-refractivity contribution in [3.63, 3.8) is 0 Å². The summed E-state index contributed by atoms with van der Waals surface area (Å²) < 4.78 is 26.7. The van der Waals surface area contributed by atoms with Gasteiger partial charge in [0.25, 0.3) is 0 Å². The molecule has 2 aliphatic heterocycles. The molecule has 2 fully saturated rings. The highest BCUT2D eigenvalue weighted by Crippen LogP contribution is 2.63. The van der Waals surface area contributed by atoms with E-state index in [0.29, 0.717) is 0 Å². The van der Waals surface area contributed by atoms with Crippen molar-refractivity contribution in [1.29, 1.82) is 0 Å². The standard InChI is InChI=1S/C7H8BClN3O6P/c8-5-6(1-2-9)4(17-19(14,15)18-6)7(3-13,16-5)11-12-10/h4-5,13H,3,8H2,(H,14,15)/t4?,5-,6-,7-/m1/s1. The maximum Gasteiger partial charge on any atom is 0.474 e. The molecule has 5 atom stereocenters. The van der Waals surface area contributed by atoms with Gasteiger partial charge in [-0.3, -0.25) is 9.05 Å². The van der Waals surface area contributed by atoms with Crippen LogP contribution in [0.1, 0.15) is 0 Å². The highest BCUT2D eigenvalue weighted by Gasteiger charge is 2.71. The second-order valence-corrected chi connectivity index (χ2v) is 5.53. The summed E-state index contributed by atoms with van der Waals surface area (Å²) in [5.74, 6) is 2.39. The van der Waals surface area contributed by atoms with Crippen molar-refractivity contribution in [2.75, 3.05) is 6.61 Å². The lowest BCUT2D eigenvalue weighted by Crippen LogP contribution is -2.49. The number of aliphatic hydroxyl groups excluding tert-OH is 1. The fraction of sp³-hybridized carbons (Fsp3) is 0.714. The van der Waals surface area contributed by atoms with Gasteiger partial charge < -0.3 is 14.7 Å². The molecule has 0 aromatic heterocycles. The zero-order chi connectivity index (χ0) is 14.3. The first-order valence-corrected chi connectivity index (χ1v) is 6.93. The molecule has 2 rings (SSSR count). The van der Waals surface area contributed by atoms with Crippen LogP contribution in [0.2, 0.25) is 0 Å². The summed E-state index contributed by atoms with van der Waals surface area (Å²) in [6, 6.07) is -0.913. The number of fused-ring (bicyclic) bond motifs is 1. The van der Waals surface area contributed by atoms with Crippen LogP contribution < -0.4 is 0 Å². The van der Waals surface area contributed by atoms with E-state index in [9.17, 15) is 14.6 Å². The van der Waals surface area contributed by atoms with E-state index in [2.05, 4.69) is 15.9 Å². The highest BCUT2D eigenvalue weighted by atomic mass is 35.5. The Morgan fingerprint density at radius 2 is 2.37 bits per heavy atom. The van der Waals surface area contributed by atoms with E-state index in [4.69, 9.17) is 30.9 Å². The lowest BCUT2D eigenvalue weighted by Gasteiger charge is -2.25. The summed E-state index contributed by atoms with van der Waals surface area (Å²) in [6.07, 6.45) is -1.38. The topological polar surface area (TPSA) is 134 Å². The molecule has 0 radical (unpaired) electrons. The third kappa shape index (κ3) is 2.05. The minimum absolute atomic E-state index is 0.777. The molecule has 2 heterocycles. The summed E-state index contributed by atoms with van der Waals surface area (Å²) in [5, 5.41) is 14.7. The molecule has 0 aromatic rings. The van der Waals surface area contributed by atoms with Crippen LogP contribution in [0.15, 0.2) is 5.11 Å². The SMILES string of the molecule is B[C@@H]1O[C@@](CO)(N=[N+]=[N-])C2OP(=O)(O)O[C@]21C#CCl. The quantitative estimate of drug-likeness (QED) is 0.175. The van der Waals surface area contributed by atoms with Gasteiger partial charge in [0, 0.05) is 10.3 Å². The second-order valence-electron chi connectivity index (χ2n) is 4.01. The molecule has 9 nitrogen and oxygen atoms in total. The lowest BCUT2D eigenvalue weighted by molar-refractivity contribution is -0.0877. The first kappa shape index (κ1) is 14.7. The summed E-state index contributed by atoms with van der Waals surface area (Å²) >= 11 is 5.33. The van der Waals surface area contributed by atoms with Crippen LogP contribution in [0.4, 0.5) is 0 Å². The average molecular weight is 307 g/mol. The van der Waals surface area contributed by atoms with Crippen LogP contribution >= 0.6 is 19.4 Å². The van der Waals surface area contributed by atoms with Gasteiger partial charge in [-0.1, -0.05) is 5.11 Å². The van der Waals surface area contributed by atoms with Gasteiger partial charge in [0.15, 0.2) is 11.3 Å². The van der Waals surface area contributed by atoms with Gasteiger partial charge in [-0.15, -0.1) is 0 Å². The van der Waals surface area contributed by atoms with Crippen LogP contribution in [-0.4, -0.2) is 47.9 Å². The monoisotopic (exact) mass is 307 g/mol. The van der Waals surface area contributed by atoms with E-state index in [1.165, 1.54) is 7.85 Å². The molecule has 0 aliphatic carbocycles. The number of rotatable bonds is 2. The van der Waals surface area contributed by atoms with Crippen LogP contribution in [0.3, 0.4) is 0 Å². The van der Waals surface area contributed by atoms with Crippen LogP contribution in [0, 0.1) is 11.3 Å². The first-order valence-electron chi connectivity index (χ1n) is 5.05. The Bertz CT molecular complexity index is 561. The molecule has 0 amide bonds. The Hall–Kier alpha value is -0.745. The third-order valence-electron chi connectivity index (χ3n) is 2.97. The zero-order valence-corrected chi connectivity index (χ0v) is 11.2. The lowest BCUT2D eigenvalue weighted by atomic mass is 9.80. The average Bonchev–Trinajstić information content (AvgIpc) is 2.71. The van der Waals surface area contributed by atoms with Crippen molar-refractivity contribution < 1.29 is 28.3 Å². The van der Waals surface area contributed by atoms with Crippen LogP contribution in [0.5, 0.6) is 0 Å². The Labute approximate surface area is 113 Å². The molecule has 2 N–H and O–H groups in total. The number of phosphoric acid groups is 1. The van der Waals surface area contributed by atoms with Gasteiger partial charge >= 0.3 is 7.82 Å². The Balaban J connectivity index is 2.60. The molecular weight excluding hydrogens is 299 g/mol. The minimum atomic E-state index is -4.41. The van der Waals surface area contributed by atoms with E-state index < -0.39 is 37.9 Å². The molecule has 2 aliphatic rings. The minimum Gasteiger partial charge on any atom is -0.393 e. The Morgan fingerprint density at radius 3 is 2.89 bits per heavy atom.